The SMILES string of the molecule is CCCc1ccc(C=NC(CC)c2ccc(C)c(Cl)c2)cc1Cl. The number of rotatable bonds is 6. The van der Waals surface area contributed by atoms with Gasteiger partial charge in [0.05, 0.1) is 6.04 Å². The monoisotopic (exact) mass is 347 g/mol. The third kappa shape index (κ3) is 4.83. The van der Waals surface area contributed by atoms with Crippen LogP contribution in [-0.2, 0) is 6.42 Å². The van der Waals surface area contributed by atoms with Crippen LogP contribution in [0.15, 0.2) is 41.4 Å². The van der Waals surface area contributed by atoms with Gasteiger partial charge >= 0.3 is 0 Å². The van der Waals surface area contributed by atoms with Crippen LogP contribution in [-0.4, -0.2) is 6.21 Å². The summed E-state index contributed by atoms with van der Waals surface area (Å²) >= 11 is 12.6. The summed E-state index contributed by atoms with van der Waals surface area (Å²) in [7, 11) is 0. The molecule has 1 atom stereocenters. The molecule has 0 saturated heterocycles. The number of hydrogen-bond donors (Lipinski definition) is 0. The Morgan fingerprint density at radius 2 is 1.83 bits per heavy atom. The van der Waals surface area contributed by atoms with Crippen LogP contribution in [0.3, 0.4) is 0 Å². The first-order valence-electron chi connectivity index (χ1n) is 8.12. The summed E-state index contributed by atoms with van der Waals surface area (Å²) in [5, 5.41) is 1.62. The van der Waals surface area contributed by atoms with E-state index in [-0.39, 0.29) is 6.04 Å². The van der Waals surface area contributed by atoms with E-state index < -0.39 is 0 Å². The first-order valence-corrected chi connectivity index (χ1v) is 8.88. The molecule has 3 heteroatoms. The number of benzene rings is 2. The normalized spacial score (nSPS) is 12.7. The zero-order valence-corrected chi connectivity index (χ0v) is 15.5. The summed E-state index contributed by atoms with van der Waals surface area (Å²) in [4.78, 5) is 4.73. The van der Waals surface area contributed by atoms with E-state index in [0.29, 0.717) is 0 Å². The quantitative estimate of drug-likeness (QED) is 0.508. The van der Waals surface area contributed by atoms with Crippen LogP contribution >= 0.6 is 23.2 Å². The molecule has 0 fully saturated rings. The van der Waals surface area contributed by atoms with Crippen molar-refractivity contribution in [2.24, 2.45) is 4.99 Å². The Morgan fingerprint density at radius 3 is 2.43 bits per heavy atom. The molecule has 23 heavy (non-hydrogen) atoms. The molecule has 0 aromatic heterocycles. The summed E-state index contributed by atoms with van der Waals surface area (Å²) in [6, 6.07) is 12.4. The number of halogens is 2. The molecule has 0 amide bonds. The lowest BCUT2D eigenvalue weighted by Crippen LogP contribution is -1.96. The lowest BCUT2D eigenvalue weighted by atomic mass is 10.0. The molecular weight excluding hydrogens is 325 g/mol. The molecule has 0 saturated carbocycles. The van der Waals surface area contributed by atoms with Crippen molar-refractivity contribution in [1.82, 2.24) is 0 Å². The lowest BCUT2D eigenvalue weighted by molar-refractivity contribution is 0.704. The maximum Gasteiger partial charge on any atom is 0.0747 e. The maximum atomic E-state index is 6.33. The molecule has 0 radical (unpaired) electrons. The molecule has 0 spiro atoms. The second-order valence-corrected chi connectivity index (χ2v) is 6.63. The number of hydrogen-bond acceptors (Lipinski definition) is 1. The Hall–Kier alpha value is -1.31. The van der Waals surface area contributed by atoms with Gasteiger partial charge in [-0.05, 0) is 54.2 Å². The molecule has 122 valence electrons. The van der Waals surface area contributed by atoms with E-state index in [1.54, 1.807) is 0 Å². The average Bonchev–Trinajstić information content (AvgIpc) is 2.54. The van der Waals surface area contributed by atoms with Gasteiger partial charge in [0.1, 0.15) is 0 Å². The minimum Gasteiger partial charge on any atom is -0.284 e. The number of aliphatic imine (C=N–C) groups is 1. The van der Waals surface area contributed by atoms with Crippen LogP contribution in [0.2, 0.25) is 10.0 Å². The predicted octanol–water partition coefficient (Wildman–Crippen LogP) is 6.82. The van der Waals surface area contributed by atoms with Gasteiger partial charge in [0.15, 0.2) is 0 Å². The fraction of sp³-hybridized carbons (Fsp3) is 0.350. The van der Waals surface area contributed by atoms with E-state index >= 15 is 0 Å². The fourth-order valence-electron chi connectivity index (χ4n) is 2.54. The first-order chi connectivity index (χ1) is 11.0. The second kappa shape index (κ2) is 8.52. The Balaban J connectivity index is 2.19. The molecule has 1 unspecified atom stereocenters. The molecule has 0 N–H and O–H groups in total. The van der Waals surface area contributed by atoms with Crippen LogP contribution in [0.25, 0.3) is 0 Å². The fourth-order valence-corrected chi connectivity index (χ4v) is 3.01. The van der Waals surface area contributed by atoms with Crippen molar-refractivity contribution in [3.8, 4) is 0 Å². The number of nitrogens with zero attached hydrogens (tertiary/aromatic N) is 1. The van der Waals surface area contributed by atoms with Gasteiger partial charge < -0.3 is 0 Å². The molecule has 2 aromatic carbocycles. The van der Waals surface area contributed by atoms with Crippen molar-refractivity contribution < 1.29 is 0 Å². The number of aryl methyl sites for hydroxylation is 2. The average molecular weight is 348 g/mol. The highest BCUT2D eigenvalue weighted by atomic mass is 35.5. The topological polar surface area (TPSA) is 12.4 Å². The zero-order valence-electron chi connectivity index (χ0n) is 13.9. The van der Waals surface area contributed by atoms with Gasteiger partial charge in [0.2, 0.25) is 0 Å². The summed E-state index contributed by atoms with van der Waals surface area (Å²) in [6.45, 7) is 6.30. The van der Waals surface area contributed by atoms with E-state index in [4.69, 9.17) is 28.2 Å². The smallest absolute Gasteiger partial charge is 0.0747 e. The van der Waals surface area contributed by atoms with Crippen LogP contribution in [0.5, 0.6) is 0 Å². The van der Waals surface area contributed by atoms with Crippen LogP contribution in [0.1, 0.15) is 55.0 Å². The van der Waals surface area contributed by atoms with Crippen molar-refractivity contribution in [2.75, 3.05) is 0 Å². The minimum atomic E-state index is 0.113. The van der Waals surface area contributed by atoms with Crippen molar-refractivity contribution in [2.45, 2.75) is 46.1 Å². The van der Waals surface area contributed by atoms with E-state index in [1.165, 1.54) is 5.56 Å². The van der Waals surface area contributed by atoms with Crippen molar-refractivity contribution in [3.63, 3.8) is 0 Å². The highest BCUT2D eigenvalue weighted by Crippen LogP contribution is 2.26. The molecule has 0 aliphatic heterocycles. The Labute approximate surface area is 149 Å². The summed E-state index contributed by atoms with van der Waals surface area (Å²) in [5.74, 6) is 0. The van der Waals surface area contributed by atoms with Gasteiger partial charge in [-0.1, -0.05) is 67.7 Å². The largest absolute Gasteiger partial charge is 0.284 e. The van der Waals surface area contributed by atoms with Crippen molar-refractivity contribution >= 4 is 29.4 Å². The predicted molar refractivity (Wildman–Crippen MR) is 102 cm³/mol. The Morgan fingerprint density at radius 1 is 1.04 bits per heavy atom. The molecule has 0 heterocycles. The van der Waals surface area contributed by atoms with Gasteiger partial charge in [-0.2, -0.15) is 0 Å². The van der Waals surface area contributed by atoms with Gasteiger partial charge in [-0.15, -0.1) is 0 Å². The lowest BCUT2D eigenvalue weighted by Gasteiger charge is -2.12. The summed E-state index contributed by atoms with van der Waals surface area (Å²) < 4.78 is 0. The Bertz CT molecular complexity index is 692. The summed E-state index contributed by atoms with van der Waals surface area (Å²) in [5.41, 5.74) is 4.47. The standard InChI is InChI=1S/C20H23Cl2N/c1-4-6-16-10-8-15(11-19(16)22)13-23-20(5-2)17-9-7-14(3)18(21)12-17/h7-13,20H,4-6H2,1-3H3. The van der Waals surface area contributed by atoms with Crippen LogP contribution in [0, 0.1) is 6.92 Å². The highest BCUT2D eigenvalue weighted by molar-refractivity contribution is 6.31. The van der Waals surface area contributed by atoms with E-state index in [0.717, 1.165) is 46.0 Å². The van der Waals surface area contributed by atoms with Crippen molar-refractivity contribution in [1.29, 1.82) is 0 Å². The van der Waals surface area contributed by atoms with Gasteiger partial charge in [0.25, 0.3) is 0 Å². The molecule has 0 bridgehead atoms. The molecule has 1 nitrogen and oxygen atoms in total. The van der Waals surface area contributed by atoms with Crippen LogP contribution in [0.4, 0.5) is 0 Å². The maximum absolute atomic E-state index is 6.33. The summed E-state index contributed by atoms with van der Waals surface area (Å²) in [6.07, 6.45) is 4.94. The zero-order chi connectivity index (χ0) is 16.8. The molecule has 0 aliphatic rings. The Kier molecular flexibility index (Phi) is 6.68. The molecule has 2 aromatic rings. The third-order valence-corrected chi connectivity index (χ3v) is 4.73. The van der Waals surface area contributed by atoms with Crippen LogP contribution < -0.4 is 0 Å². The van der Waals surface area contributed by atoms with E-state index in [9.17, 15) is 0 Å². The van der Waals surface area contributed by atoms with Gasteiger partial charge in [-0.3, -0.25) is 4.99 Å². The van der Waals surface area contributed by atoms with Gasteiger partial charge in [-0.25, -0.2) is 0 Å². The highest BCUT2D eigenvalue weighted by Gasteiger charge is 2.08. The van der Waals surface area contributed by atoms with Crippen molar-refractivity contribution in [3.05, 3.63) is 68.7 Å². The van der Waals surface area contributed by atoms with E-state index in [2.05, 4.69) is 32.0 Å². The molecule has 0 aliphatic carbocycles. The third-order valence-electron chi connectivity index (χ3n) is 3.97. The first kappa shape index (κ1) is 18.0. The van der Waals surface area contributed by atoms with Gasteiger partial charge in [0, 0.05) is 16.3 Å². The second-order valence-electron chi connectivity index (χ2n) is 5.81. The van der Waals surface area contributed by atoms with E-state index in [1.807, 2.05) is 31.3 Å². The molecule has 2 rings (SSSR count). The minimum absolute atomic E-state index is 0.113. The molecular formula is C20H23Cl2N.